The standard InChI is InChI=1S/C13H19N3O2/c1-9(17)7-14-8-10-4-5-11-12(6-10)16(3)13(18)15(11)2/h4-6,9,14,17H,7-8H2,1-3H3. The Hall–Kier alpha value is -1.59. The molecule has 2 aromatic rings. The molecule has 0 aliphatic rings. The van der Waals surface area contributed by atoms with Gasteiger partial charge < -0.3 is 10.4 Å². The number of nitrogens with one attached hydrogen (secondary N) is 1. The number of aryl methyl sites for hydroxylation is 2. The van der Waals surface area contributed by atoms with Crippen molar-refractivity contribution in [1.82, 2.24) is 14.5 Å². The van der Waals surface area contributed by atoms with Crippen molar-refractivity contribution in [2.75, 3.05) is 6.54 Å². The largest absolute Gasteiger partial charge is 0.392 e. The second-order valence-electron chi connectivity index (χ2n) is 4.70. The number of aliphatic hydroxyl groups is 1. The van der Waals surface area contributed by atoms with E-state index in [4.69, 9.17) is 0 Å². The quantitative estimate of drug-likeness (QED) is 0.822. The molecule has 1 aromatic heterocycles. The Balaban J connectivity index is 2.27. The highest BCUT2D eigenvalue weighted by molar-refractivity contribution is 5.76. The van der Waals surface area contributed by atoms with Crippen molar-refractivity contribution < 1.29 is 5.11 Å². The number of imidazole rings is 1. The lowest BCUT2D eigenvalue weighted by molar-refractivity contribution is 0.191. The van der Waals surface area contributed by atoms with E-state index in [0.29, 0.717) is 13.1 Å². The minimum absolute atomic E-state index is 0.0147. The summed E-state index contributed by atoms with van der Waals surface area (Å²) in [7, 11) is 3.55. The van der Waals surface area contributed by atoms with Gasteiger partial charge in [0.15, 0.2) is 0 Å². The van der Waals surface area contributed by atoms with E-state index in [1.54, 1.807) is 30.2 Å². The fourth-order valence-electron chi connectivity index (χ4n) is 2.09. The fraction of sp³-hybridized carbons (Fsp3) is 0.462. The lowest BCUT2D eigenvalue weighted by Gasteiger charge is -2.07. The first-order chi connectivity index (χ1) is 8.50. The molecule has 0 aliphatic carbocycles. The van der Waals surface area contributed by atoms with E-state index in [9.17, 15) is 9.90 Å². The van der Waals surface area contributed by atoms with Crippen molar-refractivity contribution in [3.63, 3.8) is 0 Å². The van der Waals surface area contributed by atoms with E-state index >= 15 is 0 Å². The Labute approximate surface area is 106 Å². The minimum atomic E-state index is -0.352. The average molecular weight is 249 g/mol. The maximum Gasteiger partial charge on any atom is 0.328 e. The Morgan fingerprint density at radius 3 is 2.61 bits per heavy atom. The number of benzene rings is 1. The zero-order chi connectivity index (χ0) is 13.3. The Kier molecular flexibility index (Phi) is 3.54. The maximum atomic E-state index is 11.8. The molecule has 1 unspecified atom stereocenters. The normalized spacial score (nSPS) is 13.1. The van der Waals surface area contributed by atoms with Crippen LogP contribution in [0.25, 0.3) is 11.0 Å². The molecule has 0 aliphatic heterocycles. The van der Waals surface area contributed by atoms with E-state index < -0.39 is 0 Å². The van der Waals surface area contributed by atoms with Gasteiger partial charge in [-0.25, -0.2) is 4.79 Å². The number of rotatable bonds is 4. The third kappa shape index (κ3) is 2.32. The number of fused-ring (bicyclic) bond motifs is 1. The van der Waals surface area contributed by atoms with Gasteiger partial charge in [-0.2, -0.15) is 0 Å². The van der Waals surface area contributed by atoms with E-state index in [-0.39, 0.29) is 11.8 Å². The van der Waals surface area contributed by atoms with E-state index in [1.165, 1.54) is 0 Å². The monoisotopic (exact) mass is 249 g/mol. The molecule has 0 radical (unpaired) electrons. The van der Waals surface area contributed by atoms with Crippen LogP contribution in [0.5, 0.6) is 0 Å². The summed E-state index contributed by atoms with van der Waals surface area (Å²) in [4.78, 5) is 11.8. The summed E-state index contributed by atoms with van der Waals surface area (Å²) in [5, 5.41) is 12.3. The zero-order valence-corrected chi connectivity index (χ0v) is 11.0. The molecule has 98 valence electrons. The third-order valence-corrected chi connectivity index (χ3v) is 3.11. The number of hydrogen-bond donors (Lipinski definition) is 2. The SMILES string of the molecule is CC(O)CNCc1ccc2c(c1)n(C)c(=O)n2C. The molecule has 0 saturated heterocycles. The molecule has 2 rings (SSSR count). The van der Waals surface area contributed by atoms with Crippen LogP contribution in [0.1, 0.15) is 12.5 Å². The molecule has 18 heavy (non-hydrogen) atoms. The summed E-state index contributed by atoms with van der Waals surface area (Å²) in [6.07, 6.45) is -0.352. The molecule has 0 fully saturated rings. The van der Waals surface area contributed by atoms with E-state index in [0.717, 1.165) is 16.6 Å². The smallest absolute Gasteiger partial charge is 0.328 e. The second kappa shape index (κ2) is 4.96. The summed E-state index contributed by atoms with van der Waals surface area (Å²) in [6.45, 7) is 2.99. The average Bonchev–Trinajstić information content (AvgIpc) is 2.54. The summed E-state index contributed by atoms with van der Waals surface area (Å²) >= 11 is 0. The zero-order valence-electron chi connectivity index (χ0n) is 11.0. The van der Waals surface area contributed by atoms with Crippen LogP contribution in [0.15, 0.2) is 23.0 Å². The maximum absolute atomic E-state index is 11.8. The van der Waals surface area contributed by atoms with Gasteiger partial charge >= 0.3 is 5.69 Å². The molecule has 0 amide bonds. The van der Waals surface area contributed by atoms with Gasteiger partial charge in [-0.3, -0.25) is 9.13 Å². The first-order valence-corrected chi connectivity index (χ1v) is 6.04. The number of hydrogen-bond acceptors (Lipinski definition) is 3. The van der Waals surface area contributed by atoms with Gasteiger partial charge in [0.1, 0.15) is 0 Å². The topological polar surface area (TPSA) is 59.2 Å². The highest BCUT2D eigenvalue weighted by Crippen LogP contribution is 2.13. The van der Waals surface area contributed by atoms with Gasteiger partial charge in [0.25, 0.3) is 0 Å². The second-order valence-corrected chi connectivity index (χ2v) is 4.70. The van der Waals surface area contributed by atoms with Crippen molar-refractivity contribution in [1.29, 1.82) is 0 Å². The van der Waals surface area contributed by atoms with Crippen molar-refractivity contribution in [2.24, 2.45) is 14.1 Å². The minimum Gasteiger partial charge on any atom is -0.392 e. The molecule has 0 saturated carbocycles. The summed E-state index contributed by atoms with van der Waals surface area (Å²) in [5.74, 6) is 0. The Bertz CT molecular complexity index is 610. The number of aliphatic hydroxyl groups excluding tert-OH is 1. The molecule has 1 heterocycles. The molecule has 5 nitrogen and oxygen atoms in total. The van der Waals surface area contributed by atoms with E-state index in [2.05, 4.69) is 5.32 Å². The lowest BCUT2D eigenvalue weighted by Crippen LogP contribution is -2.23. The van der Waals surface area contributed by atoms with Crippen LogP contribution in [0, 0.1) is 0 Å². The van der Waals surface area contributed by atoms with Crippen LogP contribution in [0.2, 0.25) is 0 Å². The first kappa shape index (κ1) is 12.9. The van der Waals surface area contributed by atoms with Crippen molar-refractivity contribution in [2.45, 2.75) is 19.6 Å². The molecule has 1 aromatic carbocycles. The summed E-state index contributed by atoms with van der Waals surface area (Å²) < 4.78 is 3.29. The molecular formula is C13H19N3O2. The van der Waals surface area contributed by atoms with Crippen molar-refractivity contribution >= 4 is 11.0 Å². The highest BCUT2D eigenvalue weighted by Gasteiger charge is 2.07. The van der Waals surface area contributed by atoms with Crippen molar-refractivity contribution in [3.05, 3.63) is 34.2 Å². The van der Waals surface area contributed by atoms with Gasteiger partial charge in [-0.1, -0.05) is 6.07 Å². The molecule has 1 atom stereocenters. The van der Waals surface area contributed by atoms with Gasteiger partial charge in [0.05, 0.1) is 17.1 Å². The van der Waals surface area contributed by atoms with Crippen LogP contribution >= 0.6 is 0 Å². The Morgan fingerprint density at radius 2 is 1.94 bits per heavy atom. The van der Waals surface area contributed by atoms with Gasteiger partial charge in [-0.05, 0) is 24.6 Å². The van der Waals surface area contributed by atoms with Crippen molar-refractivity contribution in [3.8, 4) is 0 Å². The van der Waals surface area contributed by atoms with Crippen LogP contribution in [0.4, 0.5) is 0 Å². The first-order valence-electron chi connectivity index (χ1n) is 6.04. The third-order valence-electron chi connectivity index (χ3n) is 3.11. The van der Waals surface area contributed by atoms with Crippen LogP contribution in [-0.4, -0.2) is 26.9 Å². The van der Waals surface area contributed by atoms with Crippen LogP contribution in [-0.2, 0) is 20.6 Å². The fourth-order valence-corrected chi connectivity index (χ4v) is 2.09. The molecular weight excluding hydrogens is 230 g/mol. The predicted octanol–water partition coefficient (Wildman–Crippen LogP) is 0.347. The molecule has 0 spiro atoms. The van der Waals surface area contributed by atoms with Crippen LogP contribution < -0.4 is 11.0 Å². The Morgan fingerprint density at radius 1 is 1.28 bits per heavy atom. The molecule has 0 bridgehead atoms. The van der Waals surface area contributed by atoms with Gasteiger partial charge in [0, 0.05) is 27.2 Å². The predicted molar refractivity (Wildman–Crippen MR) is 71.5 cm³/mol. The van der Waals surface area contributed by atoms with E-state index in [1.807, 2.05) is 18.2 Å². The molecule has 5 heteroatoms. The number of nitrogens with zero attached hydrogens (tertiary/aromatic N) is 2. The van der Waals surface area contributed by atoms with Gasteiger partial charge in [0.2, 0.25) is 0 Å². The summed E-state index contributed by atoms with van der Waals surface area (Å²) in [6, 6.07) is 5.96. The van der Waals surface area contributed by atoms with Crippen LogP contribution in [0.3, 0.4) is 0 Å². The lowest BCUT2D eigenvalue weighted by atomic mass is 10.2. The highest BCUT2D eigenvalue weighted by atomic mass is 16.3. The van der Waals surface area contributed by atoms with Gasteiger partial charge in [-0.15, -0.1) is 0 Å². The summed E-state index contributed by atoms with van der Waals surface area (Å²) in [5.41, 5.74) is 2.95. The number of aromatic nitrogens is 2. The molecule has 2 N–H and O–H groups in total.